The van der Waals surface area contributed by atoms with Crippen molar-refractivity contribution in [3.8, 4) is 0 Å². The molecule has 2 aromatic heterocycles. The molecule has 2 aromatic carbocycles. The Morgan fingerprint density at radius 1 is 1.06 bits per heavy atom. The SMILES string of the molecule is Cc1c(CC(=O)NCC(O)c2ccccc2)c(=O)oc2cc3oc4c(c3cc12)CCCC4. The topological polar surface area (TPSA) is 92.7 Å². The summed E-state index contributed by atoms with van der Waals surface area (Å²) in [5.41, 5.74) is 3.73. The minimum absolute atomic E-state index is 0.0720. The first kappa shape index (κ1) is 20.5. The van der Waals surface area contributed by atoms with Crippen molar-refractivity contribution in [1.29, 1.82) is 0 Å². The molecule has 164 valence electrons. The molecule has 1 atom stereocenters. The standard InChI is InChI=1S/C26H25NO5/c1-15-18-11-20-17-9-5-6-10-22(17)31-24(20)13-23(18)32-26(30)19(15)12-25(29)27-14-21(28)16-7-3-2-4-8-16/h2-4,7-8,11,13,21,28H,5-6,9-10,12,14H2,1H3,(H,27,29). The zero-order valence-corrected chi connectivity index (χ0v) is 17.9. The van der Waals surface area contributed by atoms with E-state index in [-0.39, 0.29) is 18.9 Å². The summed E-state index contributed by atoms with van der Waals surface area (Å²) < 4.78 is 11.6. The molecule has 1 aliphatic rings. The third-order valence-electron chi connectivity index (χ3n) is 6.38. The number of carbonyl (C=O) groups is 1. The molecule has 4 aromatic rings. The highest BCUT2D eigenvalue weighted by Crippen LogP contribution is 2.35. The number of carbonyl (C=O) groups excluding carboxylic acids is 1. The second-order valence-electron chi connectivity index (χ2n) is 8.46. The van der Waals surface area contributed by atoms with E-state index in [2.05, 4.69) is 5.32 Å². The van der Waals surface area contributed by atoms with Crippen molar-refractivity contribution in [2.75, 3.05) is 6.54 Å². The predicted octanol–water partition coefficient (Wildman–Crippen LogP) is 4.12. The van der Waals surface area contributed by atoms with Crippen molar-refractivity contribution in [2.45, 2.75) is 45.1 Å². The number of aliphatic hydroxyl groups is 1. The first-order valence-corrected chi connectivity index (χ1v) is 11.0. The number of aliphatic hydroxyl groups excluding tert-OH is 1. The van der Waals surface area contributed by atoms with Gasteiger partial charge in [0.2, 0.25) is 5.91 Å². The van der Waals surface area contributed by atoms with Crippen LogP contribution in [0.5, 0.6) is 0 Å². The average Bonchev–Trinajstić information content (AvgIpc) is 3.17. The first-order chi connectivity index (χ1) is 15.5. The smallest absolute Gasteiger partial charge is 0.340 e. The molecule has 5 rings (SSSR count). The molecular formula is C26H25NO5. The van der Waals surface area contributed by atoms with Gasteiger partial charge in [-0.2, -0.15) is 0 Å². The lowest BCUT2D eigenvalue weighted by Gasteiger charge is -2.13. The first-order valence-electron chi connectivity index (χ1n) is 11.0. The van der Waals surface area contributed by atoms with Gasteiger partial charge in [-0.05, 0) is 43.4 Å². The molecule has 0 radical (unpaired) electrons. The van der Waals surface area contributed by atoms with Gasteiger partial charge in [0, 0.05) is 35.4 Å². The molecule has 32 heavy (non-hydrogen) atoms. The Morgan fingerprint density at radius 3 is 2.62 bits per heavy atom. The second kappa shape index (κ2) is 8.28. The lowest BCUT2D eigenvalue weighted by Crippen LogP contribution is -2.31. The third kappa shape index (κ3) is 3.71. The Balaban J connectivity index is 1.41. The van der Waals surface area contributed by atoms with Gasteiger partial charge < -0.3 is 19.3 Å². The summed E-state index contributed by atoms with van der Waals surface area (Å²) in [4.78, 5) is 25.2. The maximum absolute atomic E-state index is 12.7. The number of furan rings is 1. The summed E-state index contributed by atoms with van der Waals surface area (Å²) in [5.74, 6) is 0.689. The van der Waals surface area contributed by atoms with E-state index < -0.39 is 11.7 Å². The lowest BCUT2D eigenvalue weighted by atomic mass is 9.94. The van der Waals surface area contributed by atoms with Gasteiger partial charge in [-0.1, -0.05) is 30.3 Å². The van der Waals surface area contributed by atoms with Crippen molar-refractivity contribution >= 4 is 27.8 Å². The molecule has 0 fully saturated rings. The quantitative estimate of drug-likeness (QED) is 0.464. The Labute approximate surface area is 184 Å². The minimum Gasteiger partial charge on any atom is -0.461 e. The number of aryl methyl sites for hydroxylation is 3. The summed E-state index contributed by atoms with van der Waals surface area (Å²) in [6.07, 6.45) is 3.27. The minimum atomic E-state index is -0.810. The highest BCUT2D eigenvalue weighted by atomic mass is 16.4. The number of benzene rings is 2. The van der Waals surface area contributed by atoms with Crippen molar-refractivity contribution < 1.29 is 18.7 Å². The molecule has 0 spiro atoms. The van der Waals surface area contributed by atoms with Crippen LogP contribution in [0.2, 0.25) is 0 Å². The highest BCUT2D eigenvalue weighted by molar-refractivity contribution is 5.97. The number of hydrogen-bond acceptors (Lipinski definition) is 5. The van der Waals surface area contributed by atoms with Gasteiger partial charge in [0.15, 0.2) is 0 Å². The Hall–Kier alpha value is -3.38. The predicted molar refractivity (Wildman–Crippen MR) is 122 cm³/mol. The van der Waals surface area contributed by atoms with Gasteiger partial charge in [-0.3, -0.25) is 4.79 Å². The van der Waals surface area contributed by atoms with E-state index in [1.165, 1.54) is 5.56 Å². The van der Waals surface area contributed by atoms with Crippen molar-refractivity contribution in [2.24, 2.45) is 0 Å². The Morgan fingerprint density at radius 2 is 1.81 bits per heavy atom. The molecule has 2 N–H and O–H groups in total. The Bertz CT molecular complexity index is 1370. The van der Waals surface area contributed by atoms with Gasteiger partial charge >= 0.3 is 5.63 Å². The molecule has 0 aliphatic heterocycles. The molecule has 1 amide bonds. The van der Waals surface area contributed by atoms with Gasteiger partial charge in [-0.15, -0.1) is 0 Å². The van der Waals surface area contributed by atoms with Crippen LogP contribution in [-0.4, -0.2) is 17.6 Å². The third-order valence-corrected chi connectivity index (χ3v) is 6.38. The maximum Gasteiger partial charge on any atom is 0.340 e. The van der Waals surface area contributed by atoms with E-state index in [1.54, 1.807) is 18.2 Å². The molecular weight excluding hydrogens is 406 g/mol. The molecule has 6 heteroatoms. The normalized spacial score (nSPS) is 14.4. The molecule has 1 unspecified atom stereocenters. The molecule has 6 nitrogen and oxygen atoms in total. The number of rotatable bonds is 5. The van der Waals surface area contributed by atoms with Crippen LogP contribution in [0.25, 0.3) is 21.9 Å². The summed E-state index contributed by atoms with van der Waals surface area (Å²) in [5, 5.41) is 14.9. The van der Waals surface area contributed by atoms with Crippen molar-refractivity contribution in [3.05, 3.63) is 80.9 Å². The summed E-state index contributed by atoms with van der Waals surface area (Å²) in [6.45, 7) is 1.92. The van der Waals surface area contributed by atoms with Crippen LogP contribution in [0.15, 0.2) is 56.1 Å². The van der Waals surface area contributed by atoms with Crippen molar-refractivity contribution in [1.82, 2.24) is 5.32 Å². The monoisotopic (exact) mass is 431 g/mol. The van der Waals surface area contributed by atoms with Crippen LogP contribution in [0.1, 0.15) is 47.0 Å². The zero-order chi connectivity index (χ0) is 22.2. The summed E-state index contributed by atoms with van der Waals surface area (Å²) in [7, 11) is 0. The van der Waals surface area contributed by atoms with E-state index in [0.29, 0.717) is 11.1 Å². The van der Waals surface area contributed by atoms with E-state index in [1.807, 2.05) is 31.2 Å². The fourth-order valence-electron chi connectivity index (χ4n) is 4.58. The van der Waals surface area contributed by atoms with Crippen LogP contribution in [0, 0.1) is 6.92 Å². The van der Waals surface area contributed by atoms with Gasteiger partial charge in [0.05, 0.1) is 18.1 Å². The highest BCUT2D eigenvalue weighted by Gasteiger charge is 2.21. The van der Waals surface area contributed by atoms with Crippen LogP contribution >= 0.6 is 0 Å². The van der Waals surface area contributed by atoms with Gasteiger partial charge in [0.1, 0.15) is 16.9 Å². The lowest BCUT2D eigenvalue weighted by molar-refractivity contribution is -0.120. The molecule has 2 heterocycles. The number of amides is 1. The summed E-state index contributed by atoms with van der Waals surface area (Å²) in [6, 6.07) is 12.9. The zero-order valence-electron chi connectivity index (χ0n) is 17.9. The largest absolute Gasteiger partial charge is 0.461 e. The maximum atomic E-state index is 12.7. The van der Waals surface area contributed by atoms with Crippen molar-refractivity contribution in [3.63, 3.8) is 0 Å². The van der Waals surface area contributed by atoms with Crippen LogP contribution in [0.3, 0.4) is 0 Å². The summed E-state index contributed by atoms with van der Waals surface area (Å²) >= 11 is 0. The number of hydrogen-bond donors (Lipinski definition) is 2. The second-order valence-corrected chi connectivity index (χ2v) is 8.46. The number of fused-ring (bicyclic) bond motifs is 4. The van der Waals surface area contributed by atoms with E-state index in [9.17, 15) is 14.7 Å². The van der Waals surface area contributed by atoms with E-state index >= 15 is 0 Å². The molecule has 0 bridgehead atoms. The van der Waals surface area contributed by atoms with Gasteiger partial charge in [0.25, 0.3) is 0 Å². The molecule has 1 aliphatic carbocycles. The molecule has 0 saturated carbocycles. The molecule has 0 saturated heterocycles. The van der Waals surface area contributed by atoms with E-state index in [4.69, 9.17) is 8.83 Å². The fraction of sp³-hybridized carbons (Fsp3) is 0.308. The van der Waals surface area contributed by atoms with Crippen LogP contribution in [0.4, 0.5) is 0 Å². The van der Waals surface area contributed by atoms with Gasteiger partial charge in [-0.25, -0.2) is 4.79 Å². The fourth-order valence-corrected chi connectivity index (χ4v) is 4.58. The number of nitrogens with one attached hydrogen (secondary N) is 1. The van der Waals surface area contributed by atoms with Crippen LogP contribution in [-0.2, 0) is 24.1 Å². The van der Waals surface area contributed by atoms with Crippen LogP contribution < -0.4 is 10.9 Å². The average molecular weight is 431 g/mol. The van der Waals surface area contributed by atoms with E-state index in [0.717, 1.165) is 58.9 Å². The Kier molecular flexibility index (Phi) is 5.31.